The molecule has 2 fully saturated rings. The third kappa shape index (κ3) is 2.85. The van der Waals surface area contributed by atoms with Gasteiger partial charge in [0.25, 0.3) is 0 Å². The van der Waals surface area contributed by atoms with E-state index in [1.807, 2.05) is 30.3 Å². The molecule has 2 aromatic carbocycles. The summed E-state index contributed by atoms with van der Waals surface area (Å²) in [6, 6.07) is 16.3. The zero-order valence-corrected chi connectivity index (χ0v) is 18.3. The van der Waals surface area contributed by atoms with Crippen LogP contribution in [0.25, 0.3) is 0 Å². The second-order valence-corrected chi connectivity index (χ2v) is 9.44. The van der Waals surface area contributed by atoms with Gasteiger partial charge in [-0.2, -0.15) is 0 Å². The Hall–Kier alpha value is -2.69. The number of carbonyl (C=O) groups is 1. The van der Waals surface area contributed by atoms with Crippen LogP contribution >= 0.6 is 0 Å². The summed E-state index contributed by atoms with van der Waals surface area (Å²) in [7, 11) is 1.70. The van der Waals surface area contributed by atoms with Crippen molar-refractivity contribution in [3.8, 4) is 5.75 Å². The van der Waals surface area contributed by atoms with Crippen LogP contribution in [0.15, 0.2) is 48.5 Å². The second kappa shape index (κ2) is 7.77. The van der Waals surface area contributed by atoms with Gasteiger partial charge in [0.05, 0.1) is 18.5 Å². The SMILES string of the molecule is COc1ccccc1C1(C(C(N)=O)(C2CCCC2)C2CCCC2)Nc2ccccc2N1. The van der Waals surface area contributed by atoms with Gasteiger partial charge in [-0.05, 0) is 55.7 Å². The Morgan fingerprint density at radius 1 is 0.903 bits per heavy atom. The molecule has 1 amide bonds. The van der Waals surface area contributed by atoms with E-state index in [4.69, 9.17) is 10.5 Å². The predicted molar refractivity (Wildman–Crippen MR) is 124 cm³/mol. The fraction of sp³-hybridized carbons (Fsp3) is 0.500. The number of nitrogens with two attached hydrogens (primary N) is 1. The largest absolute Gasteiger partial charge is 0.496 e. The summed E-state index contributed by atoms with van der Waals surface area (Å²) in [5.74, 6) is 1.04. The van der Waals surface area contributed by atoms with Gasteiger partial charge in [-0.25, -0.2) is 0 Å². The summed E-state index contributed by atoms with van der Waals surface area (Å²) in [5.41, 5.74) is 7.88. The molecule has 1 heterocycles. The third-order valence-corrected chi connectivity index (χ3v) is 8.11. The lowest BCUT2D eigenvalue weighted by molar-refractivity contribution is -0.141. The fourth-order valence-corrected chi connectivity index (χ4v) is 6.95. The van der Waals surface area contributed by atoms with Crippen LogP contribution in [-0.4, -0.2) is 13.0 Å². The molecule has 5 nitrogen and oxygen atoms in total. The Kier molecular flexibility index (Phi) is 5.07. The number of hydrogen-bond acceptors (Lipinski definition) is 4. The van der Waals surface area contributed by atoms with Crippen LogP contribution in [0.4, 0.5) is 11.4 Å². The molecule has 0 bridgehead atoms. The van der Waals surface area contributed by atoms with Crippen LogP contribution in [0.5, 0.6) is 5.75 Å². The summed E-state index contributed by atoms with van der Waals surface area (Å²) in [5, 5.41) is 7.65. The van der Waals surface area contributed by atoms with E-state index < -0.39 is 11.1 Å². The Morgan fingerprint density at radius 3 is 1.87 bits per heavy atom. The summed E-state index contributed by atoms with van der Waals surface area (Å²) in [6.45, 7) is 0. The molecule has 0 aromatic heterocycles. The number of methoxy groups -OCH3 is 1. The standard InChI is InChI=1S/C26H33N3O2/c1-31-23-17-9-6-14-20(23)26(28-21-15-7-8-16-22(21)29-26)25(24(27)30,18-10-2-3-11-18)19-12-4-5-13-19/h6-9,14-19,28-29H,2-5,10-13H2,1H3,(H2,27,30). The first kappa shape index (κ1) is 20.2. The Bertz CT molecular complexity index is 920. The number of carbonyl (C=O) groups excluding carboxylic acids is 1. The Morgan fingerprint density at radius 2 is 1.39 bits per heavy atom. The maximum atomic E-state index is 13.8. The van der Waals surface area contributed by atoms with E-state index in [1.165, 1.54) is 0 Å². The molecule has 2 saturated carbocycles. The van der Waals surface area contributed by atoms with Crippen molar-refractivity contribution in [3.63, 3.8) is 0 Å². The lowest BCUT2D eigenvalue weighted by atomic mass is 9.55. The third-order valence-electron chi connectivity index (χ3n) is 8.11. The molecule has 4 N–H and O–H groups in total. The molecular weight excluding hydrogens is 386 g/mol. The van der Waals surface area contributed by atoms with Crippen molar-refractivity contribution in [2.45, 2.75) is 57.0 Å². The number of ether oxygens (including phenoxy) is 1. The summed E-state index contributed by atoms with van der Waals surface area (Å²) >= 11 is 0. The molecule has 0 saturated heterocycles. The molecule has 164 valence electrons. The van der Waals surface area contributed by atoms with Gasteiger partial charge in [-0.3, -0.25) is 4.79 Å². The number of anilines is 2. The second-order valence-electron chi connectivity index (χ2n) is 9.44. The average molecular weight is 420 g/mol. The number of rotatable bonds is 6. The molecule has 2 aromatic rings. The lowest BCUT2D eigenvalue weighted by Gasteiger charge is -2.54. The van der Waals surface area contributed by atoms with Gasteiger partial charge in [-0.15, -0.1) is 0 Å². The van der Waals surface area contributed by atoms with E-state index >= 15 is 0 Å². The van der Waals surface area contributed by atoms with Crippen LogP contribution in [0, 0.1) is 17.3 Å². The zero-order chi connectivity index (χ0) is 21.5. The minimum atomic E-state index is -0.848. The molecule has 2 aliphatic carbocycles. The average Bonchev–Trinajstić information content (AvgIpc) is 3.55. The first-order chi connectivity index (χ1) is 15.1. The monoisotopic (exact) mass is 419 g/mol. The van der Waals surface area contributed by atoms with Crippen molar-refractivity contribution in [1.29, 1.82) is 0 Å². The highest BCUT2D eigenvalue weighted by molar-refractivity contribution is 5.89. The maximum Gasteiger partial charge on any atom is 0.228 e. The van der Waals surface area contributed by atoms with Crippen LogP contribution < -0.4 is 21.1 Å². The van der Waals surface area contributed by atoms with E-state index in [9.17, 15) is 4.79 Å². The highest BCUT2D eigenvalue weighted by Crippen LogP contribution is 2.63. The number of benzene rings is 2. The van der Waals surface area contributed by atoms with E-state index in [-0.39, 0.29) is 17.7 Å². The van der Waals surface area contributed by atoms with E-state index in [0.717, 1.165) is 74.1 Å². The summed E-state index contributed by atoms with van der Waals surface area (Å²) < 4.78 is 5.85. The molecule has 0 atom stereocenters. The van der Waals surface area contributed by atoms with Gasteiger partial charge in [-0.1, -0.05) is 56.0 Å². The smallest absolute Gasteiger partial charge is 0.228 e. The van der Waals surface area contributed by atoms with Crippen molar-refractivity contribution in [2.24, 2.45) is 23.0 Å². The Balaban J connectivity index is 1.81. The molecule has 0 spiro atoms. The van der Waals surface area contributed by atoms with Crippen LogP contribution in [0.3, 0.4) is 0 Å². The van der Waals surface area contributed by atoms with Crippen LogP contribution in [0.1, 0.15) is 56.9 Å². The van der Waals surface area contributed by atoms with Crippen molar-refractivity contribution >= 4 is 17.3 Å². The van der Waals surface area contributed by atoms with Crippen molar-refractivity contribution in [3.05, 3.63) is 54.1 Å². The van der Waals surface area contributed by atoms with Crippen molar-refractivity contribution < 1.29 is 9.53 Å². The fourth-order valence-electron chi connectivity index (χ4n) is 6.95. The quantitative estimate of drug-likeness (QED) is 0.599. The van der Waals surface area contributed by atoms with Crippen molar-refractivity contribution in [2.75, 3.05) is 17.7 Å². The predicted octanol–water partition coefficient (Wildman–Crippen LogP) is 5.24. The van der Waals surface area contributed by atoms with E-state index in [2.05, 4.69) is 28.8 Å². The molecule has 1 aliphatic heterocycles. The van der Waals surface area contributed by atoms with Gasteiger partial charge in [0, 0.05) is 5.56 Å². The lowest BCUT2D eigenvalue weighted by Crippen LogP contribution is -2.66. The number of primary amides is 1. The highest BCUT2D eigenvalue weighted by Gasteiger charge is 2.67. The van der Waals surface area contributed by atoms with Crippen LogP contribution in [0.2, 0.25) is 0 Å². The molecular formula is C26H33N3O2. The van der Waals surface area contributed by atoms with E-state index in [1.54, 1.807) is 7.11 Å². The number of fused-ring (bicyclic) bond motifs is 1. The molecule has 0 unspecified atom stereocenters. The number of nitrogens with one attached hydrogen (secondary N) is 2. The number of hydrogen-bond donors (Lipinski definition) is 3. The van der Waals surface area contributed by atoms with Gasteiger partial charge in [0.15, 0.2) is 5.66 Å². The van der Waals surface area contributed by atoms with Gasteiger partial charge in [0.1, 0.15) is 11.2 Å². The first-order valence-corrected chi connectivity index (χ1v) is 11.7. The van der Waals surface area contributed by atoms with Crippen LogP contribution in [-0.2, 0) is 10.5 Å². The van der Waals surface area contributed by atoms with Gasteiger partial charge in [0.2, 0.25) is 5.91 Å². The summed E-state index contributed by atoms with van der Waals surface area (Å²) in [4.78, 5) is 13.8. The highest BCUT2D eigenvalue weighted by atomic mass is 16.5. The minimum Gasteiger partial charge on any atom is -0.496 e. The first-order valence-electron chi connectivity index (χ1n) is 11.7. The molecule has 31 heavy (non-hydrogen) atoms. The van der Waals surface area contributed by atoms with E-state index in [0.29, 0.717) is 0 Å². The van der Waals surface area contributed by atoms with Gasteiger partial charge < -0.3 is 21.1 Å². The zero-order valence-electron chi connectivity index (χ0n) is 18.3. The van der Waals surface area contributed by atoms with Crippen molar-refractivity contribution in [1.82, 2.24) is 0 Å². The molecule has 3 aliphatic rings. The van der Waals surface area contributed by atoms with Gasteiger partial charge >= 0.3 is 0 Å². The minimum absolute atomic E-state index is 0.190. The normalized spacial score (nSPS) is 20.8. The maximum absolute atomic E-state index is 13.8. The number of para-hydroxylation sites is 3. The molecule has 5 heteroatoms. The molecule has 0 radical (unpaired) electrons. The molecule has 5 rings (SSSR count). The topological polar surface area (TPSA) is 76.4 Å². The summed E-state index contributed by atoms with van der Waals surface area (Å²) in [6.07, 6.45) is 8.77. The Labute approximate surface area is 184 Å². The number of amides is 1.